The molecule has 1 amide bonds. The maximum Gasteiger partial charge on any atom is 0.273 e. The molecule has 3 heterocycles. The minimum atomic E-state index is -0.240. The molecule has 0 saturated heterocycles. The van der Waals surface area contributed by atoms with E-state index in [2.05, 4.69) is 41.4 Å². The number of aryl methyl sites for hydroxylation is 2. The molecule has 144 valence electrons. The van der Waals surface area contributed by atoms with Gasteiger partial charge in [0.15, 0.2) is 5.69 Å². The molecule has 6 heteroatoms. The molecule has 1 aliphatic rings. The lowest BCUT2D eigenvalue weighted by molar-refractivity contribution is 0.0924. The van der Waals surface area contributed by atoms with Crippen LogP contribution in [0, 0.1) is 6.92 Å². The third-order valence-electron chi connectivity index (χ3n) is 4.86. The Morgan fingerprint density at radius 3 is 3.00 bits per heavy atom. The number of amides is 1. The van der Waals surface area contributed by atoms with Crippen LogP contribution >= 0.6 is 0 Å². The highest BCUT2D eigenvalue weighted by Crippen LogP contribution is 2.33. The molecule has 0 saturated carbocycles. The molecular formula is C22H23N3O3. The first kappa shape index (κ1) is 18.2. The van der Waals surface area contributed by atoms with E-state index < -0.39 is 0 Å². The molecule has 6 nitrogen and oxygen atoms in total. The van der Waals surface area contributed by atoms with Crippen LogP contribution in [0.25, 0.3) is 11.3 Å². The fourth-order valence-electron chi connectivity index (χ4n) is 3.45. The summed E-state index contributed by atoms with van der Waals surface area (Å²) in [6, 6.07) is 11.8. The van der Waals surface area contributed by atoms with Gasteiger partial charge in [-0.3, -0.25) is 9.78 Å². The Labute approximate surface area is 163 Å². The molecule has 0 aliphatic carbocycles. The molecule has 1 unspecified atom stereocenters. The van der Waals surface area contributed by atoms with Crippen molar-refractivity contribution in [2.75, 3.05) is 6.54 Å². The monoisotopic (exact) mass is 377 g/mol. The average molecular weight is 377 g/mol. The van der Waals surface area contributed by atoms with Crippen molar-refractivity contribution in [1.82, 2.24) is 15.5 Å². The van der Waals surface area contributed by atoms with Crippen molar-refractivity contribution in [3.63, 3.8) is 0 Å². The molecule has 0 radical (unpaired) electrons. The summed E-state index contributed by atoms with van der Waals surface area (Å²) >= 11 is 0. The first-order chi connectivity index (χ1) is 13.6. The zero-order valence-electron chi connectivity index (χ0n) is 16.1. The summed E-state index contributed by atoms with van der Waals surface area (Å²) in [7, 11) is 0. The Morgan fingerprint density at radius 1 is 1.29 bits per heavy atom. The van der Waals surface area contributed by atoms with Gasteiger partial charge >= 0.3 is 0 Å². The minimum absolute atomic E-state index is 0.0963. The summed E-state index contributed by atoms with van der Waals surface area (Å²) < 4.78 is 11.1. The number of nitrogens with zero attached hydrogens (tertiary/aromatic N) is 2. The van der Waals surface area contributed by atoms with Crippen LogP contribution in [0.15, 0.2) is 47.1 Å². The van der Waals surface area contributed by atoms with Crippen LogP contribution in [0.2, 0.25) is 0 Å². The van der Waals surface area contributed by atoms with Gasteiger partial charge in [0, 0.05) is 30.7 Å². The van der Waals surface area contributed by atoms with Crippen molar-refractivity contribution < 1.29 is 14.1 Å². The normalized spacial score (nSPS) is 15.1. The zero-order valence-corrected chi connectivity index (χ0v) is 16.1. The number of fused-ring (bicyclic) bond motifs is 1. The van der Waals surface area contributed by atoms with Crippen molar-refractivity contribution in [2.45, 2.75) is 39.2 Å². The number of aromatic nitrogens is 2. The molecule has 0 fully saturated rings. The molecular weight excluding hydrogens is 354 g/mol. The third-order valence-corrected chi connectivity index (χ3v) is 4.86. The van der Waals surface area contributed by atoms with Crippen LogP contribution in [0.1, 0.15) is 40.7 Å². The van der Waals surface area contributed by atoms with E-state index >= 15 is 0 Å². The van der Waals surface area contributed by atoms with E-state index in [4.69, 9.17) is 9.26 Å². The Balaban J connectivity index is 1.38. The smallest absolute Gasteiger partial charge is 0.273 e. The number of rotatable bonds is 6. The number of pyridine rings is 1. The van der Waals surface area contributed by atoms with E-state index in [-0.39, 0.29) is 12.0 Å². The number of carbonyl (C=O) groups is 1. The van der Waals surface area contributed by atoms with Crippen LogP contribution in [0.3, 0.4) is 0 Å². The van der Waals surface area contributed by atoms with Crippen molar-refractivity contribution in [1.29, 1.82) is 0 Å². The zero-order chi connectivity index (χ0) is 19.5. The fourth-order valence-corrected chi connectivity index (χ4v) is 3.45. The van der Waals surface area contributed by atoms with E-state index in [0.29, 0.717) is 12.2 Å². The van der Waals surface area contributed by atoms with Crippen LogP contribution in [0.5, 0.6) is 5.75 Å². The molecule has 28 heavy (non-hydrogen) atoms. The summed E-state index contributed by atoms with van der Waals surface area (Å²) in [5, 5.41) is 6.73. The maximum absolute atomic E-state index is 12.3. The van der Waals surface area contributed by atoms with Crippen LogP contribution in [0.4, 0.5) is 0 Å². The second-order valence-corrected chi connectivity index (χ2v) is 7.07. The first-order valence-corrected chi connectivity index (χ1v) is 9.59. The number of ether oxygens (including phenoxy) is 1. The van der Waals surface area contributed by atoms with E-state index in [9.17, 15) is 4.79 Å². The summed E-state index contributed by atoms with van der Waals surface area (Å²) in [6.45, 7) is 4.53. The average Bonchev–Trinajstić information content (AvgIpc) is 3.33. The molecule has 1 atom stereocenters. The third kappa shape index (κ3) is 3.76. The lowest BCUT2D eigenvalue weighted by atomic mass is 10.0. The lowest BCUT2D eigenvalue weighted by Gasteiger charge is -2.10. The van der Waals surface area contributed by atoms with Gasteiger partial charge in [0.2, 0.25) is 0 Å². The minimum Gasteiger partial charge on any atom is -0.488 e. The fraction of sp³-hybridized carbons (Fsp3) is 0.318. The second-order valence-electron chi connectivity index (χ2n) is 7.07. The predicted octanol–water partition coefficient (Wildman–Crippen LogP) is 3.73. The Bertz CT molecular complexity index is 996. The molecule has 0 spiro atoms. The molecule has 0 bridgehead atoms. The summed E-state index contributed by atoms with van der Waals surface area (Å²) in [4.78, 5) is 16.8. The highest BCUT2D eigenvalue weighted by Gasteiger charge is 2.24. The first-order valence-electron chi connectivity index (χ1n) is 9.59. The Kier molecular flexibility index (Phi) is 5.10. The quantitative estimate of drug-likeness (QED) is 0.708. The second kappa shape index (κ2) is 7.84. The van der Waals surface area contributed by atoms with E-state index in [0.717, 1.165) is 53.2 Å². The largest absolute Gasteiger partial charge is 0.488 e. The number of hydrogen-bond acceptors (Lipinski definition) is 5. The number of benzene rings is 1. The Hall–Kier alpha value is -3.15. The highest BCUT2D eigenvalue weighted by atomic mass is 16.5. The molecule has 2 aromatic heterocycles. The summed E-state index contributed by atoms with van der Waals surface area (Å²) in [5.74, 6) is 1.35. The molecule has 1 N–H and O–H groups in total. The molecule has 4 rings (SSSR count). The molecule has 1 aromatic carbocycles. The van der Waals surface area contributed by atoms with Crippen LogP contribution in [-0.4, -0.2) is 28.7 Å². The van der Waals surface area contributed by atoms with Gasteiger partial charge in [0.25, 0.3) is 5.91 Å². The van der Waals surface area contributed by atoms with Crippen molar-refractivity contribution in [3.8, 4) is 17.0 Å². The summed E-state index contributed by atoms with van der Waals surface area (Å²) in [6.07, 6.45) is 4.18. The number of hydrogen-bond donors (Lipinski definition) is 1. The van der Waals surface area contributed by atoms with Gasteiger partial charge in [0.1, 0.15) is 17.6 Å². The highest BCUT2D eigenvalue weighted by molar-refractivity contribution is 5.92. The lowest BCUT2D eigenvalue weighted by Crippen LogP contribution is -2.34. The van der Waals surface area contributed by atoms with Gasteiger partial charge in [-0.15, -0.1) is 0 Å². The number of nitrogens with one attached hydrogen (secondary N) is 1. The van der Waals surface area contributed by atoms with Crippen molar-refractivity contribution in [3.05, 3.63) is 65.2 Å². The maximum atomic E-state index is 12.3. The SMILES string of the molecule is CCCc1cc(C(=O)NCC2Cc3cc(-c4ncccc4C)ccc3O2)no1. The van der Waals surface area contributed by atoms with Crippen molar-refractivity contribution in [2.24, 2.45) is 0 Å². The van der Waals surface area contributed by atoms with Gasteiger partial charge in [-0.2, -0.15) is 0 Å². The van der Waals surface area contributed by atoms with Crippen LogP contribution in [-0.2, 0) is 12.8 Å². The number of carbonyl (C=O) groups excluding carboxylic acids is 1. The molecule has 1 aliphatic heterocycles. The Morgan fingerprint density at radius 2 is 2.18 bits per heavy atom. The van der Waals surface area contributed by atoms with E-state index in [1.807, 2.05) is 18.2 Å². The standard InChI is InChI=1S/C22H23N3O3/c1-3-5-17-12-19(25-28-17)22(26)24-13-18-11-16-10-15(7-8-20(16)27-18)21-14(2)6-4-9-23-21/h4,6-10,12,18H,3,5,11,13H2,1-2H3,(H,24,26). The van der Waals surface area contributed by atoms with Gasteiger partial charge in [-0.25, -0.2) is 0 Å². The van der Waals surface area contributed by atoms with Crippen LogP contribution < -0.4 is 10.1 Å². The van der Waals surface area contributed by atoms with Gasteiger partial charge in [0.05, 0.1) is 12.2 Å². The van der Waals surface area contributed by atoms with Gasteiger partial charge in [-0.1, -0.05) is 18.1 Å². The van der Waals surface area contributed by atoms with Gasteiger partial charge in [-0.05, 0) is 48.7 Å². The predicted molar refractivity (Wildman–Crippen MR) is 105 cm³/mol. The topological polar surface area (TPSA) is 77.2 Å². The molecule has 3 aromatic rings. The van der Waals surface area contributed by atoms with Gasteiger partial charge < -0.3 is 14.6 Å². The van der Waals surface area contributed by atoms with Crippen molar-refractivity contribution >= 4 is 5.91 Å². The van der Waals surface area contributed by atoms with E-state index in [1.165, 1.54) is 0 Å². The van der Waals surface area contributed by atoms with E-state index in [1.54, 1.807) is 12.3 Å². The summed E-state index contributed by atoms with van der Waals surface area (Å²) in [5.41, 5.74) is 4.65.